The summed E-state index contributed by atoms with van der Waals surface area (Å²) < 4.78 is 10.9. The first kappa shape index (κ1) is 23.0. The molecule has 0 aromatic heterocycles. The van der Waals surface area contributed by atoms with Crippen molar-refractivity contribution < 1.29 is 9.47 Å². The van der Waals surface area contributed by atoms with Gasteiger partial charge in [-0.15, -0.1) is 24.0 Å². The van der Waals surface area contributed by atoms with Crippen LogP contribution in [0.5, 0.6) is 5.75 Å². The number of halogens is 1. The molecule has 0 fully saturated rings. The largest absolute Gasteiger partial charge is 0.497 e. The second-order valence-corrected chi connectivity index (χ2v) is 5.73. The Labute approximate surface area is 163 Å². The van der Waals surface area contributed by atoms with Gasteiger partial charge in [0.25, 0.3) is 0 Å². The molecule has 0 bridgehead atoms. The normalized spacial score (nSPS) is 12.5. The van der Waals surface area contributed by atoms with Gasteiger partial charge in [-0.2, -0.15) is 0 Å². The van der Waals surface area contributed by atoms with Crippen LogP contribution in [0.3, 0.4) is 0 Å². The van der Waals surface area contributed by atoms with Gasteiger partial charge >= 0.3 is 0 Å². The van der Waals surface area contributed by atoms with Crippen LogP contribution in [0, 0.1) is 5.92 Å². The highest BCUT2D eigenvalue weighted by molar-refractivity contribution is 14.0. The van der Waals surface area contributed by atoms with Crippen molar-refractivity contribution in [3.63, 3.8) is 0 Å². The Bertz CT molecular complexity index is 464. The van der Waals surface area contributed by atoms with Crippen molar-refractivity contribution in [3.8, 4) is 5.75 Å². The van der Waals surface area contributed by atoms with Crippen LogP contribution >= 0.6 is 24.0 Å². The average molecular weight is 449 g/mol. The Hall–Kier alpha value is -1.02. The summed E-state index contributed by atoms with van der Waals surface area (Å²) in [4.78, 5) is 4.25. The lowest BCUT2D eigenvalue weighted by atomic mass is 10.0. The van der Waals surface area contributed by atoms with Gasteiger partial charge in [0.1, 0.15) is 5.75 Å². The summed E-state index contributed by atoms with van der Waals surface area (Å²) in [5.41, 5.74) is 1.18. The molecule has 0 aliphatic rings. The highest BCUT2D eigenvalue weighted by Gasteiger charge is 2.12. The van der Waals surface area contributed by atoms with Crippen molar-refractivity contribution in [1.29, 1.82) is 0 Å². The SMILES string of the molecule is CCOC(CCNC(=NC)NCc1ccc(OC)cc1)C(C)C.I. The predicted octanol–water partition coefficient (Wildman–Crippen LogP) is 3.43. The molecule has 6 heteroatoms. The molecule has 2 N–H and O–H groups in total. The number of guanidine groups is 1. The Morgan fingerprint density at radius 1 is 1.17 bits per heavy atom. The number of benzene rings is 1. The number of methoxy groups -OCH3 is 1. The van der Waals surface area contributed by atoms with E-state index in [1.54, 1.807) is 14.2 Å². The second kappa shape index (κ2) is 13.3. The van der Waals surface area contributed by atoms with E-state index < -0.39 is 0 Å². The molecular formula is C18H32IN3O2. The predicted molar refractivity (Wildman–Crippen MR) is 111 cm³/mol. The summed E-state index contributed by atoms with van der Waals surface area (Å²) in [6, 6.07) is 8.01. The van der Waals surface area contributed by atoms with E-state index in [1.807, 2.05) is 31.2 Å². The van der Waals surface area contributed by atoms with E-state index in [-0.39, 0.29) is 30.1 Å². The highest BCUT2D eigenvalue weighted by Crippen LogP contribution is 2.11. The molecule has 5 nitrogen and oxygen atoms in total. The second-order valence-electron chi connectivity index (χ2n) is 5.73. The summed E-state index contributed by atoms with van der Waals surface area (Å²) in [6.07, 6.45) is 1.25. The zero-order valence-electron chi connectivity index (χ0n) is 15.5. The maximum Gasteiger partial charge on any atom is 0.191 e. The average Bonchev–Trinajstić information content (AvgIpc) is 2.57. The summed E-state index contributed by atoms with van der Waals surface area (Å²) in [7, 11) is 3.46. The Morgan fingerprint density at radius 3 is 2.33 bits per heavy atom. The molecule has 0 amide bonds. The van der Waals surface area contributed by atoms with Gasteiger partial charge in [0.05, 0.1) is 13.2 Å². The molecule has 0 aliphatic heterocycles. The number of nitrogens with one attached hydrogen (secondary N) is 2. The van der Waals surface area contributed by atoms with Crippen LogP contribution in [0.4, 0.5) is 0 Å². The van der Waals surface area contributed by atoms with Crippen LogP contribution in [-0.4, -0.2) is 39.4 Å². The van der Waals surface area contributed by atoms with Gasteiger partial charge in [0, 0.05) is 26.7 Å². The van der Waals surface area contributed by atoms with Crippen molar-refractivity contribution in [2.45, 2.75) is 39.8 Å². The van der Waals surface area contributed by atoms with E-state index in [2.05, 4.69) is 29.5 Å². The van der Waals surface area contributed by atoms with Crippen molar-refractivity contribution >= 4 is 29.9 Å². The third-order valence-electron chi connectivity index (χ3n) is 3.69. The van der Waals surface area contributed by atoms with E-state index >= 15 is 0 Å². The van der Waals surface area contributed by atoms with Crippen LogP contribution in [-0.2, 0) is 11.3 Å². The molecule has 1 unspecified atom stereocenters. The van der Waals surface area contributed by atoms with Gasteiger partial charge in [-0.05, 0) is 37.0 Å². The molecule has 0 spiro atoms. The van der Waals surface area contributed by atoms with Gasteiger partial charge in [-0.1, -0.05) is 26.0 Å². The van der Waals surface area contributed by atoms with Crippen LogP contribution in [0.2, 0.25) is 0 Å². The van der Waals surface area contributed by atoms with Gasteiger partial charge < -0.3 is 20.1 Å². The van der Waals surface area contributed by atoms with Gasteiger partial charge in [-0.3, -0.25) is 4.99 Å². The maximum atomic E-state index is 5.76. The monoisotopic (exact) mass is 449 g/mol. The number of ether oxygens (including phenoxy) is 2. The molecule has 0 aliphatic carbocycles. The van der Waals surface area contributed by atoms with Crippen LogP contribution < -0.4 is 15.4 Å². The fourth-order valence-corrected chi connectivity index (χ4v) is 2.31. The Balaban J connectivity index is 0.00000529. The van der Waals surface area contributed by atoms with E-state index in [0.717, 1.165) is 37.8 Å². The van der Waals surface area contributed by atoms with Crippen LogP contribution in [0.1, 0.15) is 32.8 Å². The molecule has 0 saturated heterocycles. The first-order valence-corrected chi connectivity index (χ1v) is 8.29. The zero-order chi connectivity index (χ0) is 17.1. The minimum atomic E-state index is 0. The summed E-state index contributed by atoms with van der Waals surface area (Å²) in [5, 5.41) is 6.66. The molecule has 138 valence electrons. The third-order valence-corrected chi connectivity index (χ3v) is 3.69. The van der Waals surface area contributed by atoms with E-state index in [0.29, 0.717) is 5.92 Å². The number of hydrogen-bond acceptors (Lipinski definition) is 3. The number of hydrogen-bond donors (Lipinski definition) is 2. The molecule has 0 heterocycles. The standard InChI is InChI=1S/C18H31N3O2.HI/c1-6-23-17(14(2)3)11-12-20-18(19-4)21-13-15-7-9-16(22-5)10-8-15;/h7-10,14,17H,6,11-13H2,1-5H3,(H2,19,20,21);1H. The first-order chi connectivity index (χ1) is 11.1. The van der Waals surface area contributed by atoms with Crippen molar-refractivity contribution in [2.75, 3.05) is 27.3 Å². The van der Waals surface area contributed by atoms with Crippen molar-refractivity contribution in [3.05, 3.63) is 29.8 Å². The summed E-state index contributed by atoms with van der Waals surface area (Å²) in [5.74, 6) is 2.19. The van der Waals surface area contributed by atoms with E-state index in [1.165, 1.54) is 5.56 Å². The number of nitrogens with zero attached hydrogens (tertiary/aromatic N) is 1. The highest BCUT2D eigenvalue weighted by atomic mass is 127. The molecule has 1 atom stereocenters. The minimum Gasteiger partial charge on any atom is -0.497 e. The zero-order valence-corrected chi connectivity index (χ0v) is 17.8. The lowest BCUT2D eigenvalue weighted by Gasteiger charge is -2.21. The molecule has 1 aromatic carbocycles. The topological polar surface area (TPSA) is 54.9 Å². The fraction of sp³-hybridized carbons (Fsp3) is 0.611. The molecule has 0 saturated carbocycles. The molecule has 0 radical (unpaired) electrons. The Kier molecular flexibility index (Phi) is 12.7. The number of rotatable bonds is 9. The molecule has 1 rings (SSSR count). The molecular weight excluding hydrogens is 417 g/mol. The third kappa shape index (κ3) is 8.73. The van der Waals surface area contributed by atoms with E-state index in [9.17, 15) is 0 Å². The quantitative estimate of drug-likeness (QED) is 0.345. The van der Waals surface area contributed by atoms with Crippen molar-refractivity contribution in [1.82, 2.24) is 10.6 Å². The maximum absolute atomic E-state index is 5.76. The van der Waals surface area contributed by atoms with Gasteiger partial charge in [-0.25, -0.2) is 0 Å². The van der Waals surface area contributed by atoms with Crippen molar-refractivity contribution in [2.24, 2.45) is 10.9 Å². The lowest BCUT2D eigenvalue weighted by Crippen LogP contribution is -2.38. The van der Waals surface area contributed by atoms with Gasteiger partial charge in [0.15, 0.2) is 5.96 Å². The minimum absolute atomic E-state index is 0. The molecule has 24 heavy (non-hydrogen) atoms. The number of aliphatic imine (C=N–C) groups is 1. The van der Waals surface area contributed by atoms with E-state index in [4.69, 9.17) is 9.47 Å². The smallest absolute Gasteiger partial charge is 0.191 e. The van der Waals surface area contributed by atoms with Crippen LogP contribution in [0.25, 0.3) is 0 Å². The summed E-state index contributed by atoms with van der Waals surface area (Å²) >= 11 is 0. The van der Waals surface area contributed by atoms with Gasteiger partial charge in [0.2, 0.25) is 0 Å². The van der Waals surface area contributed by atoms with Crippen LogP contribution in [0.15, 0.2) is 29.3 Å². The summed E-state index contributed by atoms with van der Waals surface area (Å²) in [6.45, 7) is 8.74. The first-order valence-electron chi connectivity index (χ1n) is 8.29. The molecule has 1 aromatic rings. The fourth-order valence-electron chi connectivity index (χ4n) is 2.31. The Morgan fingerprint density at radius 2 is 1.83 bits per heavy atom. The lowest BCUT2D eigenvalue weighted by molar-refractivity contribution is 0.0258.